The molecular weight excluding hydrogens is 636 g/mol. The van der Waals surface area contributed by atoms with Crippen LogP contribution in [-0.2, 0) is 21.1 Å². The summed E-state index contributed by atoms with van der Waals surface area (Å²) in [6.45, 7) is 4.60. The average Bonchev–Trinajstić information content (AvgIpc) is 3.43. The molecule has 4 N–H and O–H groups in total. The number of carboxylic acids is 1. The van der Waals surface area contributed by atoms with Crippen LogP contribution in [0.4, 0.5) is 20.2 Å². The third-order valence-corrected chi connectivity index (χ3v) is 5.41. The molecule has 4 rings (SSSR count). The SMILES string of the molecule is C[C@@H]1CN(c2c(F)c(N)c3c(=O)c(C(=O)O)cn(C4CC4)c3c2F)C[C@H](C)N1.[Cl-].[Cl-].[Pt+2]. The molecule has 2 heterocycles. The molecule has 1 aliphatic carbocycles. The minimum absolute atomic E-state index is 0. The van der Waals surface area contributed by atoms with E-state index in [1.54, 1.807) is 4.90 Å². The number of nitrogens with zero attached hydrogens (tertiary/aromatic N) is 2. The summed E-state index contributed by atoms with van der Waals surface area (Å²) in [6.07, 6.45) is 2.60. The van der Waals surface area contributed by atoms with Gasteiger partial charge in [-0.05, 0) is 26.7 Å². The van der Waals surface area contributed by atoms with E-state index in [0.29, 0.717) is 13.1 Å². The first-order chi connectivity index (χ1) is 13.2. The van der Waals surface area contributed by atoms with Gasteiger partial charge in [-0.25, -0.2) is 13.6 Å². The van der Waals surface area contributed by atoms with Crippen molar-refractivity contribution in [1.82, 2.24) is 9.88 Å². The number of aromatic carboxylic acids is 1. The monoisotopic (exact) mass is 657 g/mol. The van der Waals surface area contributed by atoms with Gasteiger partial charge in [-0.2, -0.15) is 0 Å². The Morgan fingerprint density at radius 3 is 2.19 bits per heavy atom. The van der Waals surface area contributed by atoms with Gasteiger partial charge in [0.25, 0.3) is 0 Å². The van der Waals surface area contributed by atoms with E-state index in [4.69, 9.17) is 5.73 Å². The number of piperazine rings is 1. The number of pyridine rings is 1. The van der Waals surface area contributed by atoms with Gasteiger partial charge in [0.05, 0.1) is 16.6 Å². The van der Waals surface area contributed by atoms with E-state index in [0.717, 1.165) is 19.0 Å². The zero-order valence-corrected chi connectivity index (χ0v) is 20.5. The van der Waals surface area contributed by atoms with E-state index >= 15 is 8.78 Å². The van der Waals surface area contributed by atoms with Crippen molar-refractivity contribution in [3.8, 4) is 0 Å². The molecule has 1 aliphatic heterocycles. The molecule has 0 bridgehead atoms. The number of carbonyl (C=O) groups is 1. The van der Waals surface area contributed by atoms with E-state index in [-0.39, 0.29) is 75.2 Å². The molecule has 2 atom stereocenters. The number of carboxylic acid groups (broad SMARTS) is 1. The minimum atomic E-state index is -1.45. The van der Waals surface area contributed by atoms with Crippen molar-refractivity contribution < 1.29 is 64.6 Å². The van der Waals surface area contributed by atoms with Crippen LogP contribution in [0.5, 0.6) is 0 Å². The quantitative estimate of drug-likeness (QED) is 0.292. The fraction of sp³-hybridized carbons (Fsp3) is 0.474. The number of hydrogen-bond donors (Lipinski definition) is 3. The number of halogens is 4. The molecule has 0 spiro atoms. The van der Waals surface area contributed by atoms with Gasteiger partial charge in [-0.3, -0.25) is 4.79 Å². The first-order valence-electron chi connectivity index (χ1n) is 9.30. The van der Waals surface area contributed by atoms with Crippen molar-refractivity contribution in [3.05, 3.63) is 33.6 Å². The Bertz CT molecular complexity index is 1060. The van der Waals surface area contributed by atoms with Crippen LogP contribution in [0, 0.1) is 11.6 Å². The number of nitrogens with one attached hydrogen (secondary N) is 1. The van der Waals surface area contributed by atoms with E-state index in [2.05, 4.69) is 5.32 Å². The summed E-state index contributed by atoms with van der Waals surface area (Å²) >= 11 is 0. The summed E-state index contributed by atoms with van der Waals surface area (Å²) in [5.74, 6) is -3.34. The number of nitrogen functional groups attached to an aromatic ring is 1. The number of anilines is 2. The fourth-order valence-electron chi connectivity index (χ4n) is 4.13. The van der Waals surface area contributed by atoms with Crippen LogP contribution in [0.25, 0.3) is 10.9 Å². The summed E-state index contributed by atoms with van der Waals surface area (Å²) in [4.78, 5) is 25.7. The van der Waals surface area contributed by atoms with Crippen LogP contribution in [0.3, 0.4) is 0 Å². The molecule has 2 fully saturated rings. The van der Waals surface area contributed by atoms with Gasteiger partial charge < -0.3 is 50.4 Å². The van der Waals surface area contributed by atoms with Gasteiger partial charge in [0.1, 0.15) is 11.3 Å². The molecule has 1 saturated carbocycles. The molecule has 1 aromatic heterocycles. The second kappa shape index (κ2) is 10.0. The topological polar surface area (TPSA) is 101 Å². The predicted molar refractivity (Wildman–Crippen MR) is 102 cm³/mol. The van der Waals surface area contributed by atoms with E-state index in [1.807, 2.05) is 13.8 Å². The van der Waals surface area contributed by atoms with Crippen molar-refractivity contribution >= 4 is 28.2 Å². The molecule has 1 aromatic carbocycles. The maximum absolute atomic E-state index is 15.6. The Kier molecular flexibility index (Phi) is 8.93. The minimum Gasteiger partial charge on any atom is -1.00 e. The summed E-state index contributed by atoms with van der Waals surface area (Å²) in [6, 6.07) is -0.103. The van der Waals surface area contributed by atoms with Crippen molar-refractivity contribution in [1.29, 1.82) is 0 Å². The summed E-state index contributed by atoms with van der Waals surface area (Å²) in [5, 5.41) is 12.2. The van der Waals surface area contributed by atoms with Crippen molar-refractivity contribution in [2.45, 2.75) is 44.8 Å². The number of rotatable bonds is 3. The van der Waals surface area contributed by atoms with Crippen LogP contribution in [0.2, 0.25) is 0 Å². The molecule has 0 unspecified atom stereocenters. The maximum Gasteiger partial charge on any atom is 2.00 e. The molecule has 0 amide bonds. The number of hydrogen-bond acceptors (Lipinski definition) is 5. The Morgan fingerprint density at radius 1 is 1.16 bits per heavy atom. The van der Waals surface area contributed by atoms with Crippen LogP contribution in [-0.4, -0.2) is 40.8 Å². The second-order valence-electron chi connectivity index (χ2n) is 7.80. The number of benzene rings is 1. The first kappa shape index (κ1) is 27.6. The fourth-order valence-corrected chi connectivity index (χ4v) is 4.13. The van der Waals surface area contributed by atoms with Gasteiger partial charge in [0.2, 0.25) is 5.43 Å². The van der Waals surface area contributed by atoms with Crippen LogP contribution in [0.15, 0.2) is 11.0 Å². The number of fused-ring (bicyclic) bond motifs is 1. The van der Waals surface area contributed by atoms with Crippen molar-refractivity contribution in [2.75, 3.05) is 23.7 Å². The largest absolute Gasteiger partial charge is 2.00 e. The molecule has 31 heavy (non-hydrogen) atoms. The maximum atomic E-state index is 15.6. The van der Waals surface area contributed by atoms with E-state index < -0.39 is 39.7 Å². The molecular formula is C19H22Cl2F2N4O3Pt. The zero-order valence-electron chi connectivity index (χ0n) is 16.7. The van der Waals surface area contributed by atoms with Crippen molar-refractivity contribution in [3.63, 3.8) is 0 Å². The molecule has 12 heteroatoms. The van der Waals surface area contributed by atoms with E-state index in [1.165, 1.54) is 4.57 Å². The summed E-state index contributed by atoms with van der Waals surface area (Å²) in [7, 11) is 0. The summed E-state index contributed by atoms with van der Waals surface area (Å²) in [5.41, 5.74) is 3.54. The van der Waals surface area contributed by atoms with Gasteiger partial charge in [0.15, 0.2) is 11.6 Å². The third kappa shape index (κ3) is 4.70. The molecule has 2 aromatic rings. The number of aromatic nitrogens is 1. The Balaban J connectivity index is 0.00000160. The molecule has 0 radical (unpaired) electrons. The standard InChI is InChI=1S/C19H22F2N4O3.2ClH.Pt/c1-8-5-24(6-9(2)23-8)17-13(20)15(22)12-16(14(17)21)25(10-3-4-10)7-11(18(12)26)19(27)28;;;/h7-10,23H,3-6,22H2,1-2H3,(H,27,28);2*1H;/q;;;+2/p-2/t8-,9+;;;. The van der Waals surface area contributed by atoms with Gasteiger partial charge >= 0.3 is 27.0 Å². The molecule has 174 valence electrons. The molecule has 1 saturated heterocycles. The Hall–Kier alpha value is -1.41. The van der Waals surface area contributed by atoms with Crippen LogP contribution in [0.1, 0.15) is 43.1 Å². The Morgan fingerprint density at radius 2 is 1.71 bits per heavy atom. The van der Waals surface area contributed by atoms with Gasteiger partial charge in [-0.15, -0.1) is 0 Å². The zero-order chi connectivity index (χ0) is 20.3. The third-order valence-electron chi connectivity index (χ3n) is 5.41. The van der Waals surface area contributed by atoms with Crippen molar-refractivity contribution in [2.24, 2.45) is 0 Å². The Labute approximate surface area is 204 Å². The van der Waals surface area contributed by atoms with Crippen LogP contribution < -0.4 is 46.2 Å². The first-order valence-corrected chi connectivity index (χ1v) is 9.30. The normalized spacial score (nSPS) is 20.5. The van der Waals surface area contributed by atoms with E-state index in [9.17, 15) is 14.7 Å². The molecule has 7 nitrogen and oxygen atoms in total. The summed E-state index contributed by atoms with van der Waals surface area (Å²) < 4.78 is 32.2. The smallest absolute Gasteiger partial charge is 1.00 e. The second-order valence-corrected chi connectivity index (χ2v) is 7.80. The van der Waals surface area contributed by atoms with Crippen LogP contribution >= 0.6 is 0 Å². The molecule has 2 aliphatic rings. The predicted octanol–water partition coefficient (Wildman–Crippen LogP) is -3.91. The average molecular weight is 658 g/mol. The van der Waals surface area contributed by atoms with Gasteiger partial charge in [-0.1, -0.05) is 0 Å². The number of nitrogens with two attached hydrogens (primary N) is 1. The van der Waals surface area contributed by atoms with Gasteiger partial charge in [0, 0.05) is 37.4 Å².